The minimum absolute atomic E-state index is 0.0337. The first-order valence-corrected chi connectivity index (χ1v) is 8.70. The number of aryl methyl sites for hydroxylation is 1. The Balaban J connectivity index is 2.02. The number of nitrogens with two attached hydrogens (primary N) is 1. The molecule has 0 fully saturated rings. The van der Waals surface area contributed by atoms with Crippen LogP contribution in [0.15, 0.2) is 52.0 Å². The van der Waals surface area contributed by atoms with Crippen molar-refractivity contribution < 1.29 is 13.7 Å². The molecular formula is C20H15ClFN3O2. The number of halogens is 2. The van der Waals surface area contributed by atoms with Crippen LogP contribution in [-0.4, -0.2) is 16.8 Å². The van der Waals surface area contributed by atoms with Gasteiger partial charge in [0.1, 0.15) is 11.9 Å². The molecule has 1 amide bonds. The summed E-state index contributed by atoms with van der Waals surface area (Å²) in [7, 11) is 0. The van der Waals surface area contributed by atoms with Crippen LogP contribution in [0.4, 0.5) is 4.39 Å². The Kier molecular flexibility index (Phi) is 4.28. The molecule has 2 heterocycles. The summed E-state index contributed by atoms with van der Waals surface area (Å²) < 4.78 is 18.9. The first kappa shape index (κ1) is 17.4. The molecule has 0 saturated heterocycles. The SMILES string of the molecule is Cc1noc2c1-c1ccc(Cl)cc1C(c1ccc(F)cc1)=N[C@H]2CC(N)=O. The lowest BCUT2D eigenvalue weighted by Gasteiger charge is -2.12. The van der Waals surface area contributed by atoms with E-state index in [1.54, 1.807) is 24.3 Å². The number of primary amides is 1. The highest BCUT2D eigenvalue weighted by Crippen LogP contribution is 2.41. The Morgan fingerprint density at radius 2 is 1.96 bits per heavy atom. The summed E-state index contributed by atoms with van der Waals surface area (Å²) >= 11 is 6.24. The van der Waals surface area contributed by atoms with E-state index in [0.717, 1.165) is 16.7 Å². The molecule has 4 rings (SSSR count). The quantitative estimate of drug-likeness (QED) is 0.735. The van der Waals surface area contributed by atoms with E-state index in [9.17, 15) is 9.18 Å². The predicted octanol–water partition coefficient (Wildman–Crippen LogP) is 4.21. The molecule has 2 aromatic carbocycles. The van der Waals surface area contributed by atoms with E-state index in [1.807, 2.05) is 13.0 Å². The fourth-order valence-electron chi connectivity index (χ4n) is 3.32. The largest absolute Gasteiger partial charge is 0.370 e. The molecule has 5 nitrogen and oxygen atoms in total. The summed E-state index contributed by atoms with van der Waals surface area (Å²) in [5, 5.41) is 4.58. The number of hydrogen-bond donors (Lipinski definition) is 1. The summed E-state index contributed by atoms with van der Waals surface area (Å²) in [4.78, 5) is 16.4. The lowest BCUT2D eigenvalue weighted by atomic mass is 9.93. The molecule has 0 spiro atoms. The van der Waals surface area contributed by atoms with E-state index in [-0.39, 0.29) is 12.2 Å². The van der Waals surface area contributed by atoms with Crippen molar-refractivity contribution in [1.29, 1.82) is 0 Å². The molecule has 1 aliphatic heterocycles. The number of rotatable bonds is 3. The van der Waals surface area contributed by atoms with E-state index in [2.05, 4.69) is 5.16 Å². The van der Waals surface area contributed by atoms with E-state index >= 15 is 0 Å². The fourth-order valence-corrected chi connectivity index (χ4v) is 3.50. The topological polar surface area (TPSA) is 81.5 Å². The van der Waals surface area contributed by atoms with Crippen LogP contribution in [-0.2, 0) is 4.79 Å². The number of benzene rings is 2. The van der Waals surface area contributed by atoms with Gasteiger partial charge in [-0.15, -0.1) is 0 Å². The highest BCUT2D eigenvalue weighted by molar-refractivity contribution is 6.31. The summed E-state index contributed by atoms with van der Waals surface area (Å²) in [5.41, 5.74) is 9.76. The maximum Gasteiger partial charge on any atom is 0.220 e. The van der Waals surface area contributed by atoms with Crippen LogP contribution in [0.1, 0.15) is 35.0 Å². The summed E-state index contributed by atoms with van der Waals surface area (Å²) in [6.45, 7) is 1.82. The Hall–Kier alpha value is -2.99. The summed E-state index contributed by atoms with van der Waals surface area (Å²) in [6, 6.07) is 10.8. The number of amides is 1. The van der Waals surface area contributed by atoms with Crippen LogP contribution in [0.3, 0.4) is 0 Å². The van der Waals surface area contributed by atoms with Gasteiger partial charge in [0.05, 0.1) is 23.4 Å². The third-order valence-corrected chi connectivity index (χ3v) is 4.73. The van der Waals surface area contributed by atoms with Crippen LogP contribution >= 0.6 is 11.6 Å². The highest BCUT2D eigenvalue weighted by Gasteiger charge is 2.31. The lowest BCUT2D eigenvalue weighted by molar-refractivity contribution is -0.118. The Morgan fingerprint density at radius 1 is 1.22 bits per heavy atom. The molecule has 7 heteroatoms. The molecular weight excluding hydrogens is 369 g/mol. The van der Waals surface area contributed by atoms with Crippen molar-refractivity contribution in [2.75, 3.05) is 0 Å². The molecule has 0 radical (unpaired) electrons. The van der Waals surface area contributed by atoms with E-state index in [0.29, 0.717) is 27.8 Å². The monoisotopic (exact) mass is 383 g/mol. The number of fused-ring (bicyclic) bond motifs is 3. The highest BCUT2D eigenvalue weighted by atomic mass is 35.5. The molecule has 0 bridgehead atoms. The third kappa shape index (κ3) is 3.13. The minimum Gasteiger partial charge on any atom is -0.370 e. The molecule has 0 unspecified atom stereocenters. The Bertz CT molecular complexity index is 1070. The standard InChI is InChI=1S/C20H15ClFN3O2/c1-10-18-14-7-4-12(21)8-15(14)19(11-2-5-13(22)6-3-11)24-16(9-17(23)26)20(18)27-25-10/h2-8,16H,9H2,1H3,(H2,23,26)/t16-/m0/s1. The van der Waals surface area contributed by atoms with Gasteiger partial charge in [0, 0.05) is 16.1 Å². The third-order valence-electron chi connectivity index (χ3n) is 4.49. The number of carbonyl (C=O) groups excluding carboxylic acids is 1. The zero-order valence-corrected chi connectivity index (χ0v) is 15.1. The fraction of sp³-hybridized carbons (Fsp3) is 0.150. The van der Waals surface area contributed by atoms with E-state index in [4.69, 9.17) is 26.9 Å². The van der Waals surface area contributed by atoms with Crippen molar-refractivity contribution in [2.45, 2.75) is 19.4 Å². The second kappa shape index (κ2) is 6.63. The number of nitrogens with zero attached hydrogens (tertiary/aromatic N) is 2. The van der Waals surface area contributed by atoms with Crippen LogP contribution in [0, 0.1) is 12.7 Å². The number of hydrogen-bond acceptors (Lipinski definition) is 4. The van der Waals surface area contributed by atoms with Gasteiger partial charge in [-0.2, -0.15) is 0 Å². The van der Waals surface area contributed by atoms with Crippen molar-refractivity contribution in [3.05, 3.63) is 75.9 Å². The van der Waals surface area contributed by atoms with Gasteiger partial charge in [0.25, 0.3) is 0 Å². The summed E-state index contributed by atoms with van der Waals surface area (Å²) in [5.74, 6) is -0.377. The molecule has 1 atom stereocenters. The average Bonchev–Trinajstić information content (AvgIpc) is 2.94. The van der Waals surface area contributed by atoms with Crippen molar-refractivity contribution >= 4 is 23.2 Å². The normalized spacial score (nSPS) is 15.5. The Morgan fingerprint density at radius 3 is 2.67 bits per heavy atom. The molecule has 2 N–H and O–H groups in total. The molecule has 0 aliphatic carbocycles. The van der Waals surface area contributed by atoms with Crippen molar-refractivity contribution in [2.24, 2.45) is 10.7 Å². The van der Waals surface area contributed by atoms with E-state index < -0.39 is 11.9 Å². The Labute approximate surface area is 159 Å². The predicted molar refractivity (Wildman–Crippen MR) is 100 cm³/mol. The smallest absolute Gasteiger partial charge is 0.220 e. The minimum atomic E-state index is -0.634. The number of aliphatic imine (C=N–C) groups is 1. The van der Waals surface area contributed by atoms with Gasteiger partial charge in [0.15, 0.2) is 5.76 Å². The molecule has 0 saturated carbocycles. The van der Waals surface area contributed by atoms with Gasteiger partial charge < -0.3 is 10.3 Å². The van der Waals surface area contributed by atoms with Gasteiger partial charge in [-0.3, -0.25) is 9.79 Å². The zero-order valence-electron chi connectivity index (χ0n) is 14.4. The zero-order chi connectivity index (χ0) is 19.1. The molecule has 1 aliphatic rings. The van der Waals surface area contributed by atoms with E-state index in [1.165, 1.54) is 12.1 Å². The van der Waals surface area contributed by atoms with Gasteiger partial charge in [-0.1, -0.05) is 22.8 Å². The first-order valence-electron chi connectivity index (χ1n) is 8.32. The van der Waals surface area contributed by atoms with Crippen molar-refractivity contribution in [1.82, 2.24) is 5.16 Å². The van der Waals surface area contributed by atoms with Gasteiger partial charge >= 0.3 is 0 Å². The first-order chi connectivity index (χ1) is 12.9. The van der Waals surface area contributed by atoms with Gasteiger partial charge in [-0.05, 0) is 48.9 Å². The van der Waals surface area contributed by atoms with Gasteiger partial charge in [-0.25, -0.2) is 4.39 Å². The van der Waals surface area contributed by atoms with Crippen LogP contribution in [0.25, 0.3) is 11.1 Å². The summed E-state index contributed by atoms with van der Waals surface area (Å²) in [6.07, 6.45) is -0.0337. The maximum absolute atomic E-state index is 13.4. The van der Waals surface area contributed by atoms with Crippen molar-refractivity contribution in [3.63, 3.8) is 0 Å². The van der Waals surface area contributed by atoms with Crippen LogP contribution in [0.2, 0.25) is 5.02 Å². The number of aromatic nitrogens is 1. The molecule has 1 aromatic heterocycles. The van der Waals surface area contributed by atoms with Crippen molar-refractivity contribution in [3.8, 4) is 11.1 Å². The van der Waals surface area contributed by atoms with Gasteiger partial charge in [0.2, 0.25) is 5.91 Å². The lowest BCUT2D eigenvalue weighted by Crippen LogP contribution is -2.15. The molecule has 27 heavy (non-hydrogen) atoms. The molecule has 136 valence electrons. The van der Waals surface area contributed by atoms with Crippen LogP contribution < -0.4 is 5.73 Å². The second-order valence-electron chi connectivity index (χ2n) is 6.37. The van der Waals surface area contributed by atoms with Crippen LogP contribution in [0.5, 0.6) is 0 Å². The number of carbonyl (C=O) groups is 1. The second-order valence-corrected chi connectivity index (χ2v) is 6.80. The average molecular weight is 384 g/mol. The molecule has 3 aromatic rings. The maximum atomic E-state index is 13.4.